The molecule has 4 fully saturated rings. The second-order valence-corrected chi connectivity index (χ2v) is 7.74. The van der Waals surface area contributed by atoms with Crippen LogP contribution in [-0.4, -0.2) is 19.0 Å². The zero-order valence-electron chi connectivity index (χ0n) is 11.9. The highest BCUT2D eigenvalue weighted by Crippen LogP contribution is 2.71. The summed E-state index contributed by atoms with van der Waals surface area (Å²) in [6.07, 6.45) is 5.16. The molecule has 0 N–H and O–H groups in total. The zero-order valence-corrected chi connectivity index (χ0v) is 11.9. The molecule has 1 aliphatic heterocycles. The number of ether oxygens (including phenoxy) is 2. The molecule has 18 heavy (non-hydrogen) atoms. The number of hydrogen-bond donors (Lipinski definition) is 0. The summed E-state index contributed by atoms with van der Waals surface area (Å²) in [5, 5.41) is 0. The summed E-state index contributed by atoms with van der Waals surface area (Å²) in [5.41, 5.74) is 0.585. The van der Waals surface area contributed by atoms with Gasteiger partial charge >= 0.3 is 0 Å². The van der Waals surface area contributed by atoms with Gasteiger partial charge in [0.05, 0.1) is 13.2 Å². The summed E-state index contributed by atoms with van der Waals surface area (Å²) in [6.45, 7) is 9.06. The topological polar surface area (TPSA) is 18.5 Å². The van der Waals surface area contributed by atoms with Crippen LogP contribution in [0.15, 0.2) is 0 Å². The Hall–Kier alpha value is -0.0800. The predicted octanol–water partition coefficient (Wildman–Crippen LogP) is 3.46. The monoisotopic (exact) mass is 250 g/mol. The van der Waals surface area contributed by atoms with Crippen LogP contribution in [0.5, 0.6) is 0 Å². The van der Waals surface area contributed by atoms with Crippen LogP contribution in [0.3, 0.4) is 0 Å². The molecule has 1 saturated heterocycles. The van der Waals surface area contributed by atoms with Crippen molar-refractivity contribution in [2.24, 2.45) is 35.0 Å². The third kappa shape index (κ3) is 1.31. The molecule has 3 saturated carbocycles. The van der Waals surface area contributed by atoms with Gasteiger partial charge in [0.15, 0.2) is 5.79 Å². The van der Waals surface area contributed by atoms with Crippen molar-refractivity contribution in [3.05, 3.63) is 0 Å². The quantitative estimate of drug-likeness (QED) is 0.655. The fourth-order valence-electron chi connectivity index (χ4n) is 5.81. The molecule has 0 aromatic heterocycles. The van der Waals surface area contributed by atoms with Crippen LogP contribution in [0.1, 0.15) is 46.5 Å². The standard InChI is InChI=1S/C16H26O2/c1-10-4-5-11-13(10)14-12(15(14,2)3)6-7-16(11)17-8-9-18-16/h10-14H,4-9H2,1-3H3/t10-,11-,12-,13-,14-/m1/s1. The van der Waals surface area contributed by atoms with E-state index in [2.05, 4.69) is 20.8 Å². The van der Waals surface area contributed by atoms with Gasteiger partial charge < -0.3 is 9.47 Å². The van der Waals surface area contributed by atoms with Gasteiger partial charge in [-0.15, -0.1) is 0 Å². The first-order chi connectivity index (χ1) is 8.56. The third-order valence-electron chi connectivity index (χ3n) is 6.75. The Balaban J connectivity index is 1.70. The SMILES string of the molecule is C[C@@H]1CC[C@@H]2[C@@H]1[C@H]1[C@@H](CCC23OCCO3)C1(C)C. The van der Waals surface area contributed by atoms with Crippen LogP contribution in [0.25, 0.3) is 0 Å². The van der Waals surface area contributed by atoms with Crippen molar-refractivity contribution in [3.8, 4) is 0 Å². The summed E-state index contributed by atoms with van der Waals surface area (Å²) in [4.78, 5) is 0. The maximum atomic E-state index is 6.14. The van der Waals surface area contributed by atoms with Gasteiger partial charge in [-0.25, -0.2) is 0 Å². The summed E-state index contributed by atoms with van der Waals surface area (Å²) >= 11 is 0. The smallest absolute Gasteiger partial charge is 0.171 e. The average Bonchev–Trinajstić information content (AvgIpc) is 2.72. The molecule has 1 spiro atoms. The molecule has 0 aromatic carbocycles. The third-order valence-corrected chi connectivity index (χ3v) is 6.75. The van der Waals surface area contributed by atoms with Gasteiger partial charge in [0, 0.05) is 12.3 Å². The average molecular weight is 250 g/mol. The lowest BCUT2D eigenvalue weighted by molar-refractivity contribution is -0.209. The van der Waals surface area contributed by atoms with Gasteiger partial charge in [0.2, 0.25) is 0 Å². The summed E-state index contributed by atoms with van der Waals surface area (Å²) in [7, 11) is 0. The molecule has 4 rings (SSSR count). The van der Waals surface area contributed by atoms with Crippen molar-refractivity contribution in [2.75, 3.05) is 13.2 Å². The van der Waals surface area contributed by atoms with Crippen LogP contribution in [0, 0.1) is 35.0 Å². The predicted molar refractivity (Wildman–Crippen MR) is 70.0 cm³/mol. The first-order valence-electron chi connectivity index (χ1n) is 7.84. The van der Waals surface area contributed by atoms with E-state index in [0.717, 1.165) is 43.3 Å². The molecule has 2 heteroatoms. The lowest BCUT2D eigenvalue weighted by Gasteiger charge is -2.37. The minimum atomic E-state index is -0.182. The first-order valence-corrected chi connectivity index (χ1v) is 7.84. The maximum Gasteiger partial charge on any atom is 0.171 e. The molecule has 0 unspecified atom stereocenters. The van der Waals surface area contributed by atoms with Crippen molar-refractivity contribution in [1.29, 1.82) is 0 Å². The van der Waals surface area contributed by atoms with Crippen molar-refractivity contribution in [2.45, 2.75) is 52.2 Å². The van der Waals surface area contributed by atoms with Crippen LogP contribution in [0.2, 0.25) is 0 Å². The van der Waals surface area contributed by atoms with Crippen molar-refractivity contribution >= 4 is 0 Å². The molecule has 0 aromatic rings. The molecule has 2 nitrogen and oxygen atoms in total. The Morgan fingerprint density at radius 3 is 2.39 bits per heavy atom. The molecular weight excluding hydrogens is 224 g/mol. The second kappa shape index (κ2) is 3.52. The molecule has 0 radical (unpaired) electrons. The minimum Gasteiger partial charge on any atom is -0.347 e. The van der Waals surface area contributed by atoms with E-state index in [1.54, 1.807) is 0 Å². The Bertz CT molecular complexity index is 356. The maximum absolute atomic E-state index is 6.14. The second-order valence-electron chi connectivity index (χ2n) is 7.74. The lowest BCUT2D eigenvalue weighted by atomic mass is 9.78. The fourth-order valence-corrected chi connectivity index (χ4v) is 5.81. The van der Waals surface area contributed by atoms with E-state index < -0.39 is 0 Å². The summed E-state index contributed by atoms with van der Waals surface area (Å²) < 4.78 is 12.3. The van der Waals surface area contributed by atoms with E-state index in [-0.39, 0.29) is 5.79 Å². The highest BCUT2D eigenvalue weighted by atomic mass is 16.7. The highest BCUT2D eigenvalue weighted by Gasteiger charge is 2.68. The van der Waals surface area contributed by atoms with E-state index in [4.69, 9.17) is 9.47 Å². The molecule has 5 atom stereocenters. The largest absolute Gasteiger partial charge is 0.347 e. The number of hydrogen-bond acceptors (Lipinski definition) is 2. The van der Waals surface area contributed by atoms with Gasteiger partial charge in [-0.1, -0.05) is 20.8 Å². The molecular formula is C16H26O2. The Kier molecular flexibility index (Phi) is 2.29. The number of fused-ring (bicyclic) bond motifs is 4. The Morgan fingerprint density at radius 2 is 1.67 bits per heavy atom. The molecule has 0 bridgehead atoms. The summed E-state index contributed by atoms with van der Waals surface area (Å²) in [6, 6.07) is 0. The van der Waals surface area contributed by atoms with E-state index in [0.29, 0.717) is 11.3 Å². The zero-order chi connectivity index (χ0) is 12.5. The van der Waals surface area contributed by atoms with Crippen LogP contribution in [0.4, 0.5) is 0 Å². The molecule has 1 heterocycles. The normalized spacial score (nSPS) is 51.8. The van der Waals surface area contributed by atoms with E-state index in [1.165, 1.54) is 19.3 Å². The Morgan fingerprint density at radius 1 is 0.944 bits per heavy atom. The molecule has 3 aliphatic carbocycles. The molecule has 0 amide bonds. The van der Waals surface area contributed by atoms with Gasteiger partial charge in [-0.2, -0.15) is 0 Å². The van der Waals surface area contributed by atoms with Gasteiger partial charge in [0.1, 0.15) is 0 Å². The van der Waals surface area contributed by atoms with Crippen LogP contribution < -0.4 is 0 Å². The van der Waals surface area contributed by atoms with E-state index >= 15 is 0 Å². The van der Waals surface area contributed by atoms with Gasteiger partial charge in [-0.05, 0) is 48.3 Å². The first kappa shape index (κ1) is 11.7. The molecule has 4 aliphatic rings. The minimum absolute atomic E-state index is 0.182. The van der Waals surface area contributed by atoms with Crippen molar-refractivity contribution in [1.82, 2.24) is 0 Å². The van der Waals surface area contributed by atoms with Gasteiger partial charge in [0.25, 0.3) is 0 Å². The van der Waals surface area contributed by atoms with E-state index in [1.807, 2.05) is 0 Å². The van der Waals surface area contributed by atoms with Crippen LogP contribution in [-0.2, 0) is 9.47 Å². The summed E-state index contributed by atoms with van der Waals surface area (Å²) in [5.74, 6) is 4.08. The Labute approximate surface area is 110 Å². The van der Waals surface area contributed by atoms with Crippen molar-refractivity contribution < 1.29 is 9.47 Å². The fraction of sp³-hybridized carbons (Fsp3) is 1.00. The van der Waals surface area contributed by atoms with Crippen molar-refractivity contribution in [3.63, 3.8) is 0 Å². The number of rotatable bonds is 0. The van der Waals surface area contributed by atoms with Gasteiger partial charge in [-0.3, -0.25) is 0 Å². The van der Waals surface area contributed by atoms with Crippen LogP contribution >= 0.6 is 0 Å². The molecule has 102 valence electrons. The highest BCUT2D eigenvalue weighted by molar-refractivity contribution is 5.14. The van der Waals surface area contributed by atoms with E-state index in [9.17, 15) is 0 Å². The lowest BCUT2D eigenvalue weighted by Crippen LogP contribution is -2.42.